The predicted octanol–water partition coefficient (Wildman–Crippen LogP) is 5.74. The van der Waals surface area contributed by atoms with Crippen LogP contribution in [0.2, 0.25) is 0 Å². The van der Waals surface area contributed by atoms with Crippen molar-refractivity contribution < 1.29 is 0 Å². The number of anilines is 2. The first kappa shape index (κ1) is 16.5. The summed E-state index contributed by atoms with van der Waals surface area (Å²) in [5, 5.41) is 2.46. The lowest BCUT2D eigenvalue weighted by Crippen LogP contribution is -2.11. The molecule has 3 nitrogen and oxygen atoms in total. The molecule has 0 saturated carbocycles. The van der Waals surface area contributed by atoms with Crippen LogP contribution in [-0.4, -0.2) is 4.57 Å². The number of unbranched alkanes of at least 4 members (excludes halogenated alkanes) is 1. The van der Waals surface area contributed by atoms with Crippen LogP contribution in [0.15, 0.2) is 66.7 Å². The molecule has 0 aliphatic carbocycles. The van der Waals surface area contributed by atoms with Crippen LogP contribution < -0.4 is 11.5 Å². The molecule has 132 valence electrons. The fourth-order valence-electron chi connectivity index (χ4n) is 3.93. The van der Waals surface area contributed by atoms with E-state index in [9.17, 15) is 0 Å². The number of nitrogens with zero attached hydrogens (tertiary/aromatic N) is 1. The average Bonchev–Trinajstić information content (AvgIpc) is 2.96. The summed E-state index contributed by atoms with van der Waals surface area (Å²) in [5.41, 5.74) is 17.5. The van der Waals surface area contributed by atoms with E-state index in [1.807, 2.05) is 12.1 Å². The van der Waals surface area contributed by atoms with Gasteiger partial charge in [-0.25, -0.2) is 0 Å². The zero-order valence-corrected chi connectivity index (χ0v) is 15.2. The predicted molar refractivity (Wildman–Crippen MR) is 112 cm³/mol. The van der Waals surface area contributed by atoms with Crippen LogP contribution >= 0.6 is 0 Å². The fourth-order valence-corrected chi connectivity index (χ4v) is 3.93. The van der Waals surface area contributed by atoms with Crippen molar-refractivity contribution >= 4 is 33.2 Å². The highest BCUT2D eigenvalue weighted by atomic mass is 15.0. The van der Waals surface area contributed by atoms with Gasteiger partial charge in [0.05, 0.1) is 17.1 Å². The van der Waals surface area contributed by atoms with E-state index in [0.717, 1.165) is 17.8 Å². The van der Waals surface area contributed by atoms with Gasteiger partial charge >= 0.3 is 0 Å². The van der Waals surface area contributed by atoms with Gasteiger partial charge in [-0.1, -0.05) is 62.2 Å². The van der Waals surface area contributed by atoms with E-state index >= 15 is 0 Å². The van der Waals surface area contributed by atoms with Crippen molar-refractivity contribution in [2.24, 2.45) is 0 Å². The Morgan fingerprint density at radius 1 is 0.808 bits per heavy atom. The van der Waals surface area contributed by atoms with Crippen LogP contribution in [0.1, 0.15) is 37.8 Å². The quantitative estimate of drug-likeness (QED) is 0.454. The third kappa shape index (κ3) is 2.80. The Morgan fingerprint density at radius 3 is 1.92 bits per heavy atom. The smallest absolute Gasteiger partial charge is 0.0592 e. The zero-order chi connectivity index (χ0) is 18.1. The van der Waals surface area contributed by atoms with E-state index in [1.165, 1.54) is 40.2 Å². The van der Waals surface area contributed by atoms with E-state index in [4.69, 9.17) is 11.5 Å². The van der Waals surface area contributed by atoms with Crippen molar-refractivity contribution in [2.75, 3.05) is 11.5 Å². The number of benzene rings is 3. The van der Waals surface area contributed by atoms with Gasteiger partial charge in [0.25, 0.3) is 0 Å². The summed E-state index contributed by atoms with van der Waals surface area (Å²) in [7, 11) is 0. The second-order valence-corrected chi connectivity index (χ2v) is 6.99. The third-order valence-electron chi connectivity index (χ3n) is 5.18. The summed E-state index contributed by atoms with van der Waals surface area (Å²) in [4.78, 5) is 0. The SMILES string of the molecule is CCCCC(c1ccccc1)n1c2cc(N)ccc2c2ccc(N)cc21. The lowest BCUT2D eigenvalue weighted by atomic mass is 10.0. The first-order valence-corrected chi connectivity index (χ1v) is 9.32. The molecule has 1 atom stereocenters. The van der Waals surface area contributed by atoms with Gasteiger partial charge < -0.3 is 16.0 Å². The van der Waals surface area contributed by atoms with E-state index in [-0.39, 0.29) is 6.04 Å². The van der Waals surface area contributed by atoms with E-state index in [1.54, 1.807) is 0 Å². The Kier molecular flexibility index (Phi) is 4.29. The molecular formula is C23H25N3. The number of nitrogen functional groups attached to an aromatic ring is 2. The van der Waals surface area contributed by atoms with Crippen LogP contribution in [0.3, 0.4) is 0 Å². The number of aromatic nitrogens is 1. The summed E-state index contributed by atoms with van der Waals surface area (Å²) in [6.07, 6.45) is 3.43. The molecule has 1 unspecified atom stereocenters. The van der Waals surface area contributed by atoms with Crippen molar-refractivity contribution in [3.05, 3.63) is 72.3 Å². The minimum absolute atomic E-state index is 0.264. The normalized spacial score (nSPS) is 12.7. The van der Waals surface area contributed by atoms with E-state index < -0.39 is 0 Å². The van der Waals surface area contributed by atoms with Crippen molar-refractivity contribution in [3.8, 4) is 0 Å². The van der Waals surface area contributed by atoms with Crippen molar-refractivity contribution in [2.45, 2.75) is 32.2 Å². The molecule has 0 spiro atoms. The Hall–Kier alpha value is -2.94. The third-order valence-corrected chi connectivity index (χ3v) is 5.18. The van der Waals surface area contributed by atoms with Gasteiger partial charge in [-0.3, -0.25) is 0 Å². The van der Waals surface area contributed by atoms with Gasteiger partial charge in [0, 0.05) is 22.1 Å². The second-order valence-electron chi connectivity index (χ2n) is 6.99. The van der Waals surface area contributed by atoms with Gasteiger partial charge in [-0.05, 0) is 36.2 Å². The minimum atomic E-state index is 0.264. The van der Waals surface area contributed by atoms with Crippen molar-refractivity contribution in [3.63, 3.8) is 0 Å². The molecule has 4 aromatic rings. The highest BCUT2D eigenvalue weighted by molar-refractivity contribution is 6.09. The maximum atomic E-state index is 6.15. The number of hydrogen-bond acceptors (Lipinski definition) is 2. The van der Waals surface area contributed by atoms with Crippen molar-refractivity contribution in [1.82, 2.24) is 4.57 Å². The van der Waals surface area contributed by atoms with Crippen LogP contribution in [0, 0.1) is 0 Å². The fraction of sp³-hybridized carbons (Fsp3) is 0.217. The van der Waals surface area contributed by atoms with Crippen LogP contribution in [-0.2, 0) is 0 Å². The topological polar surface area (TPSA) is 57.0 Å². The summed E-state index contributed by atoms with van der Waals surface area (Å²) in [6.45, 7) is 2.24. The van der Waals surface area contributed by atoms with E-state index in [2.05, 4.69) is 66.1 Å². The van der Waals surface area contributed by atoms with E-state index in [0.29, 0.717) is 0 Å². The van der Waals surface area contributed by atoms with Crippen LogP contribution in [0.5, 0.6) is 0 Å². The molecule has 1 heterocycles. The Labute approximate surface area is 154 Å². The molecule has 0 aliphatic heterocycles. The molecule has 4 N–H and O–H groups in total. The summed E-state index contributed by atoms with van der Waals surface area (Å²) in [5.74, 6) is 0. The maximum absolute atomic E-state index is 6.15. The van der Waals surface area contributed by atoms with Gasteiger partial charge in [0.1, 0.15) is 0 Å². The summed E-state index contributed by atoms with van der Waals surface area (Å²) in [6, 6.07) is 23.4. The molecule has 0 aliphatic rings. The molecule has 4 rings (SSSR count). The van der Waals surface area contributed by atoms with Crippen LogP contribution in [0.4, 0.5) is 11.4 Å². The lowest BCUT2D eigenvalue weighted by Gasteiger charge is -2.22. The molecule has 0 amide bonds. The highest BCUT2D eigenvalue weighted by Gasteiger charge is 2.20. The number of rotatable bonds is 5. The molecule has 0 saturated heterocycles. The highest BCUT2D eigenvalue weighted by Crippen LogP contribution is 2.37. The first-order valence-electron chi connectivity index (χ1n) is 9.32. The Bertz CT molecular complexity index is 988. The lowest BCUT2D eigenvalue weighted by molar-refractivity contribution is 0.540. The monoisotopic (exact) mass is 343 g/mol. The molecule has 0 bridgehead atoms. The van der Waals surface area contributed by atoms with Crippen LogP contribution in [0.25, 0.3) is 21.8 Å². The molecule has 0 fully saturated rings. The molecule has 3 aromatic carbocycles. The van der Waals surface area contributed by atoms with Gasteiger partial charge in [-0.15, -0.1) is 0 Å². The van der Waals surface area contributed by atoms with Crippen molar-refractivity contribution in [1.29, 1.82) is 0 Å². The van der Waals surface area contributed by atoms with Gasteiger partial charge in [-0.2, -0.15) is 0 Å². The Balaban J connectivity index is 2.05. The summed E-state index contributed by atoms with van der Waals surface area (Å²) < 4.78 is 2.43. The average molecular weight is 343 g/mol. The van der Waals surface area contributed by atoms with Gasteiger partial charge in [0.2, 0.25) is 0 Å². The maximum Gasteiger partial charge on any atom is 0.0592 e. The largest absolute Gasteiger partial charge is 0.399 e. The second kappa shape index (κ2) is 6.75. The molecule has 26 heavy (non-hydrogen) atoms. The molecule has 0 radical (unpaired) electrons. The summed E-state index contributed by atoms with van der Waals surface area (Å²) >= 11 is 0. The molecule has 1 aromatic heterocycles. The molecular weight excluding hydrogens is 318 g/mol. The zero-order valence-electron chi connectivity index (χ0n) is 15.2. The number of nitrogens with two attached hydrogens (primary N) is 2. The first-order chi connectivity index (χ1) is 12.7. The Morgan fingerprint density at radius 2 is 1.38 bits per heavy atom. The van der Waals surface area contributed by atoms with Gasteiger partial charge in [0.15, 0.2) is 0 Å². The molecule has 3 heteroatoms. The number of fused-ring (bicyclic) bond motifs is 3. The standard InChI is InChI=1S/C23H25N3/c1-2-3-9-21(16-7-5-4-6-8-16)26-22-14-17(24)10-12-19(22)20-13-11-18(25)15-23(20)26/h4-8,10-15,21H,2-3,9,24-25H2,1H3. The minimum Gasteiger partial charge on any atom is -0.399 e. The number of hydrogen-bond donors (Lipinski definition) is 2.